The molecule has 1 heterocycles. The molecule has 1 atom stereocenters. The zero-order valence-corrected chi connectivity index (χ0v) is 13.9. The first-order chi connectivity index (χ1) is 11.1. The molecule has 1 aromatic heterocycles. The Labute approximate surface area is 136 Å². The number of aromatic amines is 1. The smallest absolute Gasteiger partial charge is 0.251 e. The number of aromatic nitrogens is 3. The molecule has 2 aromatic rings. The van der Waals surface area contributed by atoms with E-state index in [0.29, 0.717) is 30.5 Å². The maximum Gasteiger partial charge on any atom is 0.251 e. The van der Waals surface area contributed by atoms with E-state index in [4.69, 9.17) is 4.74 Å². The third-order valence-electron chi connectivity index (χ3n) is 3.65. The number of benzene rings is 1. The second-order valence-corrected chi connectivity index (χ2v) is 5.70. The number of carbonyl (C=O) groups excluding carboxylic acids is 1. The van der Waals surface area contributed by atoms with Crippen LogP contribution in [0.1, 0.15) is 37.6 Å². The molecule has 2 rings (SSSR count). The molecule has 0 aliphatic rings. The van der Waals surface area contributed by atoms with E-state index in [-0.39, 0.29) is 12.0 Å². The van der Waals surface area contributed by atoms with Gasteiger partial charge in [0, 0.05) is 24.3 Å². The third-order valence-corrected chi connectivity index (χ3v) is 3.65. The molecule has 1 aromatic carbocycles. The van der Waals surface area contributed by atoms with Gasteiger partial charge in [0.15, 0.2) is 5.82 Å². The lowest BCUT2D eigenvalue weighted by molar-refractivity contribution is 0.0251. The van der Waals surface area contributed by atoms with Gasteiger partial charge in [-0.15, -0.1) is 0 Å². The Hall–Kier alpha value is -2.21. The van der Waals surface area contributed by atoms with E-state index < -0.39 is 0 Å². The first-order valence-corrected chi connectivity index (χ1v) is 7.97. The summed E-state index contributed by atoms with van der Waals surface area (Å²) in [7, 11) is 0. The summed E-state index contributed by atoms with van der Waals surface area (Å²) in [5, 5.41) is 9.57. The number of carbonyl (C=O) groups is 1. The summed E-state index contributed by atoms with van der Waals surface area (Å²) in [6.07, 6.45) is 2.42. The van der Waals surface area contributed by atoms with Crippen LogP contribution in [0.15, 0.2) is 30.6 Å². The van der Waals surface area contributed by atoms with Crippen molar-refractivity contribution in [1.29, 1.82) is 0 Å². The molecule has 0 radical (unpaired) electrons. The third kappa shape index (κ3) is 4.89. The number of hydrogen-bond acceptors (Lipinski definition) is 4. The molecular formula is C17H24N4O2. The number of amides is 1. The standard InChI is InChI=1S/C17H24N4O2/c1-4-23-15(12(2)3)8-9-18-17(22)14-7-5-6-13(10-14)16-19-11-20-21-16/h5-7,10-12,15H,4,8-9H2,1-3H3,(H,18,22)(H,19,20,21). The van der Waals surface area contributed by atoms with Gasteiger partial charge in [-0.05, 0) is 31.4 Å². The van der Waals surface area contributed by atoms with Crippen molar-refractivity contribution >= 4 is 5.91 Å². The molecule has 0 fully saturated rings. The number of H-pyrrole nitrogens is 1. The Balaban J connectivity index is 1.92. The number of nitrogens with one attached hydrogen (secondary N) is 2. The van der Waals surface area contributed by atoms with Gasteiger partial charge in [-0.2, -0.15) is 5.10 Å². The average Bonchev–Trinajstić information content (AvgIpc) is 3.08. The molecule has 124 valence electrons. The maximum absolute atomic E-state index is 12.3. The lowest BCUT2D eigenvalue weighted by Gasteiger charge is -2.20. The Morgan fingerprint density at radius 1 is 1.39 bits per heavy atom. The molecule has 0 aliphatic carbocycles. The summed E-state index contributed by atoms with van der Waals surface area (Å²) in [5.74, 6) is 0.989. The average molecular weight is 316 g/mol. The number of ether oxygens (including phenoxy) is 1. The van der Waals surface area contributed by atoms with E-state index in [9.17, 15) is 4.79 Å². The van der Waals surface area contributed by atoms with Crippen molar-refractivity contribution in [2.45, 2.75) is 33.3 Å². The second kappa shape index (κ2) is 8.43. The first kappa shape index (κ1) is 17.1. The Morgan fingerprint density at radius 2 is 2.22 bits per heavy atom. The van der Waals surface area contributed by atoms with Crippen molar-refractivity contribution in [2.75, 3.05) is 13.2 Å². The Morgan fingerprint density at radius 3 is 2.87 bits per heavy atom. The Kier molecular flexibility index (Phi) is 6.29. The minimum absolute atomic E-state index is 0.0923. The van der Waals surface area contributed by atoms with Crippen LogP contribution in [0.5, 0.6) is 0 Å². The fourth-order valence-electron chi connectivity index (χ4n) is 2.41. The van der Waals surface area contributed by atoms with Crippen molar-refractivity contribution in [3.8, 4) is 11.4 Å². The van der Waals surface area contributed by atoms with Crippen molar-refractivity contribution in [1.82, 2.24) is 20.5 Å². The summed E-state index contributed by atoms with van der Waals surface area (Å²) in [6.45, 7) is 7.53. The van der Waals surface area contributed by atoms with Crippen molar-refractivity contribution in [2.24, 2.45) is 5.92 Å². The maximum atomic E-state index is 12.3. The summed E-state index contributed by atoms with van der Waals surface area (Å²) in [6, 6.07) is 7.32. The van der Waals surface area contributed by atoms with Crippen LogP contribution in [-0.2, 0) is 4.74 Å². The van der Waals surface area contributed by atoms with Gasteiger partial charge in [-0.1, -0.05) is 26.0 Å². The SMILES string of the molecule is CCOC(CCNC(=O)c1cccc(-c2ncn[nH]2)c1)C(C)C. The summed E-state index contributed by atoms with van der Waals surface area (Å²) < 4.78 is 5.69. The minimum atomic E-state index is -0.0923. The lowest BCUT2D eigenvalue weighted by atomic mass is 10.0. The fourth-order valence-corrected chi connectivity index (χ4v) is 2.41. The van der Waals surface area contributed by atoms with Crippen LogP contribution in [-0.4, -0.2) is 40.3 Å². The van der Waals surface area contributed by atoms with E-state index >= 15 is 0 Å². The predicted octanol–water partition coefficient (Wildman–Crippen LogP) is 2.65. The van der Waals surface area contributed by atoms with Gasteiger partial charge in [-0.3, -0.25) is 9.89 Å². The summed E-state index contributed by atoms with van der Waals surface area (Å²) >= 11 is 0. The zero-order valence-electron chi connectivity index (χ0n) is 13.9. The summed E-state index contributed by atoms with van der Waals surface area (Å²) in [4.78, 5) is 16.4. The molecule has 1 unspecified atom stereocenters. The van der Waals surface area contributed by atoms with Gasteiger partial charge in [0.1, 0.15) is 6.33 Å². The van der Waals surface area contributed by atoms with E-state index in [1.807, 2.05) is 19.1 Å². The number of rotatable bonds is 8. The molecule has 6 nitrogen and oxygen atoms in total. The van der Waals surface area contributed by atoms with Crippen LogP contribution in [0, 0.1) is 5.92 Å². The monoisotopic (exact) mass is 316 g/mol. The Bertz CT molecular complexity index is 611. The predicted molar refractivity (Wildman–Crippen MR) is 89.0 cm³/mol. The van der Waals surface area contributed by atoms with Crippen LogP contribution in [0.4, 0.5) is 0 Å². The highest BCUT2D eigenvalue weighted by Gasteiger charge is 2.14. The van der Waals surface area contributed by atoms with E-state index in [1.54, 1.807) is 12.1 Å². The van der Waals surface area contributed by atoms with E-state index in [0.717, 1.165) is 12.0 Å². The van der Waals surface area contributed by atoms with Gasteiger partial charge in [0.05, 0.1) is 6.10 Å². The molecule has 2 N–H and O–H groups in total. The molecule has 0 spiro atoms. The highest BCUT2D eigenvalue weighted by Crippen LogP contribution is 2.15. The van der Waals surface area contributed by atoms with Gasteiger partial charge in [0.2, 0.25) is 0 Å². The summed E-state index contributed by atoms with van der Waals surface area (Å²) in [5.41, 5.74) is 1.45. The van der Waals surface area contributed by atoms with Crippen LogP contribution < -0.4 is 5.32 Å². The quantitative estimate of drug-likeness (QED) is 0.784. The molecule has 0 bridgehead atoms. The van der Waals surface area contributed by atoms with Crippen LogP contribution >= 0.6 is 0 Å². The van der Waals surface area contributed by atoms with Gasteiger partial charge in [0.25, 0.3) is 5.91 Å². The van der Waals surface area contributed by atoms with Crippen molar-refractivity contribution < 1.29 is 9.53 Å². The second-order valence-electron chi connectivity index (χ2n) is 5.70. The van der Waals surface area contributed by atoms with Crippen LogP contribution in [0.3, 0.4) is 0 Å². The van der Waals surface area contributed by atoms with E-state index in [2.05, 4.69) is 34.3 Å². The largest absolute Gasteiger partial charge is 0.378 e. The molecular weight excluding hydrogens is 292 g/mol. The van der Waals surface area contributed by atoms with Crippen molar-refractivity contribution in [3.63, 3.8) is 0 Å². The van der Waals surface area contributed by atoms with Gasteiger partial charge < -0.3 is 10.1 Å². The molecule has 6 heteroatoms. The highest BCUT2D eigenvalue weighted by molar-refractivity contribution is 5.95. The molecule has 23 heavy (non-hydrogen) atoms. The topological polar surface area (TPSA) is 79.9 Å². The van der Waals surface area contributed by atoms with Crippen LogP contribution in [0.2, 0.25) is 0 Å². The first-order valence-electron chi connectivity index (χ1n) is 7.97. The van der Waals surface area contributed by atoms with E-state index in [1.165, 1.54) is 6.33 Å². The molecule has 1 amide bonds. The molecule has 0 aliphatic heterocycles. The molecule has 0 saturated heterocycles. The minimum Gasteiger partial charge on any atom is -0.378 e. The van der Waals surface area contributed by atoms with Crippen LogP contribution in [0.25, 0.3) is 11.4 Å². The number of nitrogens with zero attached hydrogens (tertiary/aromatic N) is 2. The van der Waals surface area contributed by atoms with Crippen molar-refractivity contribution in [3.05, 3.63) is 36.2 Å². The normalized spacial score (nSPS) is 12.3. The van der Waals surface area contributed by atoms with Gasteiger partial charge >= 0.3 is 0 Å². The highest BCUT2D eigenvalue weighted by atomic mass is 16.5. The fraction of sp³-hybridized carbons (Fsp3) is 0.471. The number of hydrogen-bond donors (Lipinski definition) is 2. The zero-order chi connectivity index (χ0) is 16.7. The molecule has 0 saturated carbocycles. The lowest BCUT2D eigenvalue weighted by Crippen LogP contribution is -2.30. The van der Waals surface area contributed by atoms with Gasteiger partial charge in [-0.25, -0.2) is 4.98 Å².